The lowest BCUT2D eigenvalue weighted by molar-refractivity contribution is -0.116. The average molecular weight is 461 g/mol. The highest BCUT2D eigenvalue weighted by atomic mass is 79.9. The van der Waals surface area contributed by atoms with Crippen molar-refractivity contribution in [1.82, 2.24) is 9.88 Å². The zero-order chi connectivity index (χ0) is 20.4. The molecule has 2 fully saturated rings. The van der Waals surface area contributed by atoms with Gasteiger partial charge in [0.2, 0.25) is 0 Å². The van der Waals surface area contributed by atoms with E-state index in [0.29, 0.717) is 11.1 Å². The maximum absolute atomic E-state index is 14.7. The van der Waals surface area contributed by atoms with Gasteiger partial charge in [-0.1, -0.05) is 28.1 Å². The van der Waals surface area contributed by atoms with Crippen LogP contribution in [0.1, 0.15) is 30.4 Å². The Morgan fingerprint density at radius 3 is 2.80 bits per heavy atom. The van der Waals surface area contributed by atoms with Gasteiger partial charge in [-0.25, -0.2) is 4.39 Å². The van der Waals surface area contributed by atoms with Gasteiger partial charge in [0.05, 0.1) is 5.70 Å². The van der Waals surface area contributed by atoms with E-state index < -0.39 is 0 Å². The minimum atomic E-state index is -0.233. The fraction of sp³-hybridized carbons (Fsp3) is 0.200. The van der Waals surface area contributed by atoms with Crippen molar-refractivity contribution in [1.29, 1.82) is 0 Å². The second-order valence-electron chi connectivity index (χ2n) is 8.27. The van der Waals surface area contributed by atoms with E-state index in [0.717, 1.165) is 46.1 Å². The number of fused-ring (bicyclic) bond motifs is 2. The fourth-order valence-corrected chi connectivity index (χ4v) is 4.79. The number of benzene rings is 1. The summed E-state index contributed by atoms with van der Waals surface area (Å²) in [5.41, 5.74) is 6.74. The number of rotatable bonds is 4. The van der Waals surface area contributed by atoms with Crippen LogP contribution in [-0.2, 0) is 4.79 Å². The maximum atomic E-state index is 14.7. The number of ketones is 1. The summed E-state index contributed by atoms with van der Waals surface area (Å²) in [6, 6.07) is 9.15. The summed E-state index contributed by atoms with van der Waals surface area (Å²) < 4.78 is 15.4. The van der Waals surface area contributed by atoms with E-state index in [2.05, 4.69) is 20.9 Å². The summed E-state index contributed by atoms with van der Waals surface area (Å²) in [6.07, 6.45) is 12.4. The number of carbonyl (C=O) groups excluding carboxylic acids is 1. The predicted octanol–water partition coefficient (Wildman–Crippen LogP) is 5.87. The molecule has 3 nitrogen and oxygen atoms in total. The summed E-state index contributed by atoms with van der Waals surface area (Å²) in [4.78, 5) is 19.2. The van der Waals surface area contributed by atoms with Gasteiger partial charge in [0.15, 0.2) is 5.78 Å². The highest BCUT2D eigenvalue weighted by molar-refractivity contribution is 9.10. The third kappa shape index (κ3) is 2.91. The van der Waals surface area contributed by atoms with E-state index in [4.69, 9.17) is 0 Å². The zero-order valence-electron chi connectivity index (χ0n) is 16.1. The average Bonchev–Trinajstić information content (AvgIpc) is 3.66. The summed E-state index contributed by atoms with van der Waals surface area (Å²) in [7, 11) is 0. The first-order valence-corrected chi connectivity index (χ1v) is 11.0. The van der Waals surface area contributed by atoms with Gasteiger partial charge in [0.25, 0.3) is 0 Å². The summed E-state index contributed by atoms with van der Waals surface area (Å²) in [5, 5.41) is 0. The van der Waals surface area contributed by atoms with Crippen molar-refractivity contribution in [2.24, 2.45) is 11.8 Å². The lowest BCUT2D eigenvalue weighted by Crippen LogP contribution is -2.22. The van der Waals surface area contributed by atoms with Gasteiger partial charge in [0.1, 0.15) is 5.82 Å². The number of Topliss-reactive ketones (excluding diaryl/α,β-unsaturated/α-hetero) is 1. The number of aromatic nitrogens is 1. The highest BCUT2D eigenvalue weighted by Crippen LogP contribution is 2.56. The number of pyridine rings is 1. The van der Waals surface area contributed by atoms with E-state index >= 15 is 0 Å². The van der Waals surface area contributed by atoms with Gasteiger partial charge in [-0.2, -0.15) is 0 Å². The minimum absolute atomic E-state index is 0.141. The fourth-order valence-electron chi connectivity index (χ4n) is 4.45. The molecule has 3 heterocycles. The Hall–Kier alpha value is -2.79. The van der Waals surface area contributed by atoms with Crippen molar-refractivity contribution >= 4 is 32.9 Å². The topological polar surface area (TPSA) is 33.2 Å². The Balaban J connectivity index is 1.48. The van der Waals surface area contributed by atoms with E-state index in [1.165, 1.54) is 11.6 Å². The van der Waals surface area contributed by atoms with Crippen molar-refractivity contribution in [3.8, 4) is 0 Å². The van der Waals surface area contributed by atoms with Crippen LogP contribution in [0.4, 0.5) is 4.39 Å². The smallest absolute Gasteiger partial charge is 0.167 e. The van der Waals surface area contributed by atoms with Crippen LogP contribution in [0.25, 0.3) is 11.1 Å². The van der Waals surface area contributed by atoms with Gasteiger partial charge in [-0.05, 0) is 54.7 Å². The molecule has 148 valence electrons. The molecule has 0 radical (unpaired) electrons. The molecule has 0 saturated heterocycles. The highest BCUT2D eigenvalue weighted by Gasteiger charge is 2.44. The van der Waals surface area contributed by atoms with Gasteiger partial charge in [-0.15, -0.1) is 0 Å². The Bertz CT molecular complexity index is 1220. The minimum Gasteiger partial charge on any atom is -0.322 e. The third-order valence-electron chi connectivity index (χ3n) is 6.18. The second-order valence-corrected chi connectivity index (χ2v) is 9.18. The molecule has 1 atom stereocenters. The standard InChI is InChI=1S/C25H18BrFN2O/c26-17-5-6-18(23(27)9-17)22-13-29-12-16(25(30)14-3-4-14)8-19(15-2-1-7-28-11-15)24(29)21-10-20(21)22/h1-2,5-9,11-14,20H,3-4,10H2. The number of allylic oxidation sites excluding steroid dienone is 5. The normalized spacial score (nSPS) is 22.0. The maximum Gasteiger partial charge on any atom is 0.167 e. The number of carbonyl (C=O) groups is 1. The van der Waals surface area contributed by atoms with E-state index in [9.17, 15) is 9.18 Å². The van der Waals surface area contributed by atoms with Crippen molar-refractivity contribution < 1.29 is 9.18 Å². The number of hydrogen-bond acceptors (Lipinski definition) is 3. The molecule has 5 heteroatoms. The van der Waals surface area contributed by atoms with Crippen LogP contribution in [0.3, 0.4) is 0 Å². The molecule has 1 aromatic heterocycles. The van der Waals surface area contributed by atoms with Crippen molar-refractivity contribution in [3.05, 3.63) is 99.5 Å². The van der Waals surface area contributed by atoms with Crippen LogP contribution in [-0.4, -0.2) is 15.7 Å². The lowest BCUT2D eigenvalue weighted by atomic mass is 9.91. The summed E-state index contributed by atoms with van der Waals surface area (Å²) >= 11 is 3.34. The SMILES string of the molecule is O=C(C1=CN2C=C(c3ccc(Br)cc3F)C3CC3=C2C(c2cccnc2)=C1)C1CC1. The molecular formula is C25H18BrFN2O. The first kappa shape index (κ1) is 18.0. The van der Waals surface area contributed by atoms with E-state index in [-0.39, 0.29) is 23.4 Å². The number of nitrogens with zero attached hydrogens (tertiary/aromatic N) is 2. The van der Waals surface area contributed by atoms with Crippen molar-refractivity contribution in [2.75, 3.05) is 0 Å². The molecule has 2 aromatic rings. The van der Waals surface area contributed by atoms with Crippen LogP contribution in [0.2, 0.25) is 0 Å². The van der Waals surface area contributed by atoms with Gasteiger partial charge in [0, 0.05) is 63.4 Å². The van der Waals surface area contributed by atoms with Crippen LogP contribution in [0, 0.1) is 17.7 Å². The largest absolute Gasteiger partial charge is 0.322 e. The molecular weight excluding hydrogens is 443 g/mol. The summed E-state index contributed by atoms with van der Waals surface area (Å²) in [6.45, 7) is 0. The third-order valence-corrected chi connectivity index (χ3v) is 6.67. The number of halogens is 2. The Morgan fingerprint density at radius 1 is 1.20 bits per heavy atom. The first-order chi connectivity index (χ1) is 14.6. The zero-order valence-corrected chi connectivity index (χ0v) is 17.7. The van der Waals surface area contributed by atoms with Crippen LogP contribution in [0.15, 0.2) is 82.5 Å². The second kappa shape index (κ2) is 6.61. The molecule has 1 aromatic carbocycles. The summed E-state index contributed by atoms with van der Waals surface area (Å²) in [5.74, 6) is 0.329. The van der Waals surface area contributed by atoms with E-state index in [1.807, 2.05) is 53.8 Å². The molecule has 2 aliphatic carbocycles. The van der Waals surface area contributed by atoms with Crippen LogP contribution < -0.4 is 0 Å². The lowest BCUT2D eigenvalue weighted by Gasteiger charge is -2.31. The van der Waals surface area contributed by atoms with Crippen LogP contribution in [0.5, 0.6) is 0 Å². The molecule has 2 saturated carbocycles. The molecule has 0 bridgehead atoms. The molecule has 0 spiro atoms. The molecule has 4 aliphatic rings. The molecule has 30 heavy (non-hydrogen) atoms. The van der Waals surface area contributed by atoms with Crippen molar-refractivity contribution in [3.63, 3.8) is 0 Å². The van der Waals surface area contributed by atoms with Gasteiger partial charge >= 0.3 is 0 Å². The molecule has 6 rings (SSSR count). The number of hydrogen-bond donors (Lipinski definition) is 0. The molecule has 0 N–H and O–H groups in total. The predicted molar refractivity (Wildman–Crippen MR) is 117 cm³/mol. The Labute approximate surface area is 182 Å². The Kier molecular flexibility index (Phi) is 3.97. The van der Waals surface area contributed by atoms with Crippen molar-refractivity contribution in [2.45, 2.75) is 19.3 Å². The molecule has 2 aliphatic heterocycles. The monoisotopic (exact) mass is 460 g/mol. The Morgan fingerprint density at radius 2 is 2.07 bits per heavy atom. The van der Waals surface area contributed by atoms with Crippen LogP contribution >= 0.6 is 15.9 Å². The molecule has 0 amide bonds. The first-order valence-electron chi connectivity index (χ1n) is 10.2. The van der Waals surface area contributed by atoms with Gasteiger partial charge < -0.3 is 4.90 Å². The quantitative estimate of drug-likeness (QED) is 0.571. The van der Waals surface area contributed by atoms with E-state index in [1.54, 1.807) is 6.20 Å². The molecule has 1 unspecified atom stereocenters. The van der Waals surface area contributed by atoms with Gasteiger partial charge in [-0.3, -0.25) is 9.78 Å².